The Morgan fingerprint density at radius 1 is 1.86 bits per heavy atom. The molecule has 0 aliphatic heterocycles. The molecule has 40 valence electrons. The summed E-state index contributed by atoms with van der Waals surface area (Å²) in [4.78, 5) is 0. The summed E-state index contributed by atoms with van der Waals surface area (Å²) in [5.74, 6) is 0. The van der Waals surface area contributed by atoms with E-state index in [-0.39, 0.29) is 0 Å². The van der Waals surface area contributed by atoms with Crippen LogP contribution in [0.4, 0.5) is 0 Å². The molecule has 1 unspecified atom stereocenters. The van der Waals surface area contributed by atoms with Crippen molar-refractivity contribution in [3.05, 3.63) is 0 Å². The Morgan fingerprint density at radius 3 is 2.57 bits per heavy atom. The van der Waals surface area contributed by atoms with Crippen LogP contribution in [0.5, 0.6) is 0 Å². The van der Waals surface area contributed by atoms with E-state index in [1.165, 1.54) is 0 Å². The highest BCUT2D eigenvalue weighted by atomic mass is 35.7. The number of rotatable bonds is 2. The quantitative estimate of drug-likeness (QED) is 0.543. The minimum Gasteiger partial charge on any atom is -0.310 e. The van der Waals surface area contributed by atoms with Crippen LogP contribution in [0.3, 0.4) is 0 Å². The van der Waals surface area contributed by atoms with E-state index < -0.39 is 7.15 Å². The van der Waals surface area contributed by atoms with Crippen LogP contribution in [-0.4, -0.2) is 6.16 Å². The highest BCUT2D eigenvalue weighted by molar-refractivity contribution is 7.73. The third-order valence-electron chi connectivity index (χ3n) is 0.433. The lowest BCUT2D eigenvalue weighted by Gasteiger charge is -1.78. The number of hydrogen-bond acceptors (Lipinski definition) is 2. The minimum atomic E-state index is -1.90. The SMILES string of the molecule is N#CCC[PH](=O)Cl. The summed E-state index contributed by atoms with van der Waals surface area (Å²) in [6.45, 7) is 0. The van der Waals surface area contributed by atoms with Crippen LogP contribution in [0, 0.1) is 11.3 Å². The lowest BCUT2D eigenvalue weighted by atomic mass is 10.6. The van der Waals surface area contributed by atoms with Crippen molar-refractivity contribution in [1.82, 2.24) is 0 Å². The van der Waals surface area contributed by atoms with Gasteiger partial charge in [-0.25, -0.2) is 0 Å². The van der Waals surface area contributed by atoms with Crippen molar-refractivity contribution in [1.29, 1.82) is 5.26 Å². The van der Waals surface area contributed by atoms with E-state index in [4.69, 9.17) is 16.5 Å². The first kappa shape index (κ1) is 7.01. The molecule has 2 nitrogen and oxygen atoms in total. The number of halogens is 1. The summed E-state index contributed by atoms with van der Waals surface area (Å²) in [5, 5.41) is 7.88. The van der Waals surface area contributed by atoms with Crippen molar-refractivity contribution < 1.29 is 4.57 Å². The van der Waals surface area contributed by atoms with Gasteiger partial charge in [0.15, 0.2) is 7.15 Å². The van der Waals surface area contributed by atoms with Gasteiger partial charge in [-0.15, -0.1) is 0 Å². The molecular formula is C3H5ClNOP. The molecule has 0 saturated carbocycles. The predicted molar refractivity (Wildman–Crippen MR) is 30.0 cm³/mol. The molecule has 0 radical (unpaired) electrons. The summed E-state index contributed by atoms with van der Waals surface area (Å²) in [7, 11) is -1.90. The Balaban J connectivity index is 3.02. The van der Waals surface area contributed by atoms with Gasteiger partial charge in [0.2, 0.25) is 0 Å². The van der Waals surface area contributed by atoms with E-state index in [1.807, 2.05) is 6.07 Å². The van der Waals surface area contributed by atoms with Gasteiger partial charge in [-0.3, -0.25) is 0 Å². The summed E-state index contributed by atoms with van der Waals surface area (Å²) in [6.07, 6.45) is 0.657. The van der Waals surface area contributed by atoms with Crippen LogP contribution in [0.1, 0.15) is 6.42 Å². The lowest BCUT2D eigenvalue weighted by Crippen LogP contribution is -1.66. The summed E-state index contributed by atoms with van der Waals surface area (Å²) in [6, 6.07) is 1.84. The topological polar surface area (TPSA) is 40.9 Å². The van der Waals surface area contributed by atoms with Crippen molar-refractivity contribution in [2.45, 2.75) is 6.42 Å². The second-order valence-electron chi connectivity index (χ2n) is 1.01. The van der Waals surface area contributed by atoms with Gasteiger partial charge in [0.05, 0.1) is 6.07 Å². The average Bonchev–Trinajstić information content (AvgIpc) is 1.61. The Hall–Kier alpha value is 0.01000. The minimum absolute atomic E-state index is 0.307. The molecule has 0 saturated heterocycles. The van der Waals surface area contributed by atoms with Crippen LogP contribution in [-0.2, 0) is 4.57 Å². The molecule has 0 spiro atoms. The molecular weight excluding hydrogens is 132 g/mol. The van der Waals surface area contributed by atoms with Crippen LogP contribution in [0.2, 0.25) is 0 Å². The monoisotopic (exact) mass is 137 g/mol. The van der Waals surface area contributed by atoms with Crippen molar-refractivity contribution in [2.75, 3.05) is 6.16 Å². The zero-order valence-corrected chi connectivity index (χ0v) is 5.40. The first-order chi connectivity index (χ1) is 3.27. The molecule has 0 aromatic heterocycles. The fraction of sp³-hybridized carbons (Fsp3) is 0.667. The van der Waals surface area contributed by atoms with Gasteiger partial charge in [-0.1, -0.05) is 11.2 Å². The Morgan fingerprint density at radius 2 is 2.43 bits per heavy atom. The first-order valence-electron chi connectivity index (χ1n) is 1.82. The molecule has 0 aliphatic carbocycles. The molecule has 0 bridgehead atoms. The van der Waals surface area contributed by atoms with E-state index in [2.05, 4.69) is 0 Å². The lowest BCUT2D eigenvalue weighted by molar-refractivity contribution is 0.595. The first-order valence-corrected chi connectivity index (χ1v) is 4.45. The van der Waals surface area contributed by atoms with Crippen molar-refractivity contribution >= 4 is 18.4 Å². The van der Waals surface area contributed by atoms with Crippen LogP contribution >= 0.6 is 18.4 Å². The molecule has 0 N–H and O–H groups in total. The maximum Gasteiger partial charge on any atom is 0.159 e. The Labute approximate surface area is 47.7 Å². The zero-order chi connectivity index (χ0) is 5.70. The van der Waals surface area contributed by atoms with Crippen LogP contribution in [0.25, 0.3) is 0 Å². The van der Waals surface area contributed by atoms with E-state index in [0.717, 1.165) is 0 Å². The molecule has 0 rings (SSSR count). The molecule has 4 heteroatoms. The third kappa shape index (κ3) is 6.01. The molecule has 0 aromatic rings. The Bertz CT molecular complexity index is 108. The van der Waals surface area contributed by atoms with Gasteiger partial charge in [0, 0.05) is 12.6 Å². The number of hydrogen-bond donors (Lipinski definition) is 0. The number of nitrogens with zero attached hydrogens (tertiary/aromatic N) is 1. The van der Waals surface area contributed by atoms with Crippen molar-refractivity contribution in [3.63, 3.8) is 0 Å². The largest absolute Gasteiger partial charge is 0.310 e. The molecule has 0 fully saturated rings. The normalized spacial score (nSPS) is 12.6. The summed E-state index contributed by atoms with van der Waals surface area (Å²) in [5.41, 5.74) is 0. The maximum atomic E-state index is 10.0. The highest BCUT2D eigenvalue weighted by Crippen LogP contribution is 2.26. The van der Waals surface area contributed by atoms with Crippen LogP contribution < -0.4 is 0 Å². The van der Waals surface area contributed by atoms with Gasteiger partial charge in [-0.05, 0) is 0 Å². The smallest absolute Gasteiger partial charge is 0.159 e. The molecule has 0 aromatic carbocycles. The molecule has 7 heavy (non-hydrogen) atoms. The van der Waals surface area contributed by atoms with Gasteiger partial charge in [0.25, 0.3) is 0 Å². The summed E-state index contributed by atoms with van der Waals surface area (Å²) >= 11 is 5.05. The molecule has 0 aliphatic rings. The van der Waals surface area contributed by atoms with E-state index in [0.29, 0.717) is 12.6 Å². The second kappa shape index (κ2) is 4.18. The van der Waals surface area contributed by atoms with Crippen molar-refractivity contribution in [2.24, 2.45) is 0 Å². The zero-order valence-electron chi connectivity index (χ0n) is 3.65. The van der Waals surface area contributed by atoms with Gasteiger partial charge >= 0.3 is 0 Å². The Kier molecular flexibility index (Phi) is 4.18. The average molecular weight is 138 g/mol. The van der Waals surface area contributed by atoms with Gasteiger partial charge in [-0.2, -0.15) is 5.26 Å². The number of nitriles is 1. The molecule has 0 heterocycles. The van der Waals surface area contributed by atoms with Gasteiger partial charge < -0.3 is 4.57 Å². The fourth-order valence-corrected chi connectivity index (χ4v) is 0.746. The van der Waals surface area contributed by atoms with E-state index >= 15 is 0 Å². The third-order valence-corrected chi connectivity index (χ3v) is 1.64. The summed E-state index contributed by atoms with van der Waals surface area (Å²) < 4.78 is 10.0. The standard InChI is InChI=1S/C3H5ClNOP/c4-7(6)3-1-2-5/h7H,1,3H2. The maximum absolute atomic E-state index is 10.0. The molecule has 1 atom stereocenters. The van der Waals surface area contributed by atoms with Crippen molar-refractivity contribution in [3.8, 4) is 6.07 Å². The molecule has 0 amide bonds. The van der Waals surface area contributed by atoms with Crippen LogP contribution in [0.15, 0.2) is 0 Å². The predicted octanol–water partition coefficient (Wildman–Crippen LogP) is 1.61. The van der Waals surface area contributed by atoms with Gasteiger partial charge in [0.1, 0.15) is 0 Å². The fourth-order valence-electron chi connectivity index (χ4n) is 0.154. The highest BCUT2D eigenvalue weighted by Gasteiger charge is 1.88. The van der Waals surface area contributed by atoms with E-state index in [1.54, 1.807) is 0 Å². The second-order valence-corrected chi connectivity index (χ2v) is 3.49. The van der Waals surface area contributed by atoms with E-state index in [9.17, 15) is 4.57 Å².